The molecule has 3 aliphatic rings. The molecule has 5 heteroatoms. The summed E-state index contributed by atoms with van der Waals surface area (Å²) in [4.78, 5) is 17.2. The Kier molecular flexibility index (Phi) is 6.53. The van der Waals surface area contributed by atoms with Crippen LogP contribution in [0.4, 0.5) is 0 Å². The van der Waals surface area contributed by atoms with Crippen molar-refractivity contribution in [3.63, 3.8) is 0 Å². The van der Waals surface area contributed by atoms with E-state index in [0.717, 1.165) is 76.9 Å². The molecule has 3 rings (SSSR count). The summed E-state index contributed by atoms with van der Waals surface area (Å²) in [6.07, 6.45) is 9.88. The van der Waals surface area contributed by atoms with E-state index >= 15 is 0 Å². The van der Waals surface area contributed by atoms with Crippen LogP contribution in [-0.4, -0.2) is 75.4 Å². The summed E-state index contributed by atoms with van der Waals surface area (Å²) < 4.78 is 12.1. The third-order valence-electron chi connectivity index (χ3n) is 5.91. The minimum absolute atomic E-state index is 0.0201. The highest BCUT2D eigenvalue weighted by Gasteiger charge is 2.47. The minimum atomic E-state index is -0.0201. The van der Waals surface area contributed by atoms with Crippen LogP contribution in [-0.2, 0) is 14.3 Å². The molecule has 0 saturated carbocycles. The van der Waals surface area contributed by atoms with Gasteiger partial charge in [0.05, 0.1) is 19.3 Å². The highest BCUT2D eigenvalue weighted by atomic mass is 16.5. The Bertz CT molecular complexity index is 491. The van der Waals surface area contributed by atoms with Crippen molar-refractivity contribution in [1.82, 2.24) is 9.80 Å². The molecule has 142 valence electrons. The maximum Gasteiger partial charge on any atom is 0.249 e. The van der Waals surface area contributed by atoms with Crippen LogP contribution < -0.4 is 0 Å². The van der Waals surface area contributed by atoms with Gasteiger partial charge in [0, 0.05) is 37.2 Å². The van der Waals surface area contributed by atoms with Gasteiger partial charge in [-0.1, -0.05) is 6.08 Å². The van der Waals surface area contributed by atoms with E-state index in [2.05, 4.69) is 30.0 Å². The van der Waals surface area contributed by atoms with Crippen molar-refractivity contribution >= 4 is 5.91 Å². The number of amides is 1. The summed E-state index contributed by atoms with van der Waals surface area (Å²) in [6, 6.07) is 0. The molecule has 2 atom stereocenters. The molecular weight excluding hydrogens is 316 g/mol. The Hall–Kier alpha value is -0.910. The van der Waals surface area contributed by atoms with Crippen LogP contribution in [0, 0.1) is 5.41 Å². The number of hydrogen-bond acceptors (Lipinski definition) is 4. The molecule has 0 spiro atoms. The average molecular weight is 351 g/mol. The summed E-state index contributed by atoms with van der Waals surface area (Å²) in [7, 11) is 4.13. The number of likely N-dealkylation sites (tertiary alicyclic amines) is 1. The van der Waals surface area contributed by atoms with Gasteiger partial charge in [-0.2, -0.15) is 0 Å². The van der Waals surface area contributed by atoms with Gasteiger partial charge in [-0.15, -0.1) is 0 Å². The van der Waals surface area contributed by atoms with Crippen molar-refractivity contribution in [3.05, 3.63) is 11.6 Å². The fourth-order valence-electron chi connectivity index (χ4n) is 4.43. The van der Waals surface area contributed by atoms with Gasteiger partial charge in [0.25, 0.3) is 0 Å². The molecule has 25 heavy (non-hydrogen) atoms. The molecule has 0 radical (unpaired) electrons. The average Bonchev–Trinajstić information content (AvgIpc) is 2.65. The summed E-state index contributed by atoms with van der Waals surface area (Å²) in [5.74, 6) is 0.261. The van der Waals surface area contributed by atoms with E-state index in [4.69, 9.17) is 9.47 Å². The molecule has 0 unspecified atom stereocenters. The molecule has 1 amide bonds. The zero-order valence-corrected chi connectivity index (χ0v) is 16.0. The fraction of sp³-hybridized carbons (Fsp3) is 0.850. The van der Waals surface area contributed by atoms with Gasteiger partial charge >= 0.3 is 0 Å². The number of allylic oxidation sites excluding steroid dienone is 1. The van der Waals surface area contributed by atoms with Crippen LogP contribution in [0.1, 0.15) is 44.9 Å². The molecule has 2 aliphatic heterocycles. The van der Waals surface area contributed by atoms with E-state index in [1.807, 2.05) is 0 Å². The van der Waals surface area contributed by atoms with E-state index in [9.17, 15) is 4.79 Å². The normalized spacial score (nSPS) is 30.1. The molecule has 1 aliphatic carbocycles. The van der Waals surface area contributed by atoms with Crippen molar-refractivity contribution in [2.24, 2.45) is 5.41 Å². The number of piperidine rings is 1. The second kappa shape index (κ2) is 8.65. The predicted octanol–water partition coefficient (Wildman–Crippen LogP) is 2.46. The second-order valence-electron chi connectivity index (χ2n) is 8.17. The van der Waals surface area contributed by atoms with Crippen LogP contribution in [0.5, 0.6) is 0 Å². The largest absolute Gasteiger partial charge is 0.379 e. The first kappa shape index (κ1) is 18.9. The SMILES string of the molecule is CN(C)CCOC[C@]12CCCO[C@H]1CCN(C(=O)C1=CCCCC1)C2. The number of hydrogen-bond donors (Lipinski definition) is 0. The monoisotopic (exact) mass is 350 g/mol. The highest BCUT2D eigenvalue weighted by Crippen LogP contribution is 2.41. The topological polar surface area (TPSA) is 42.0 Å². The van der Waals surface area contributed by atoms with E-state index in [0.29, 0.717) is 6.61 Å². The summed E-state index contributed by atoms with van der Waals surface area (Å²) >= 11 is 0. The summed E-state index contributed by atoms with van der Waals surface area (Å²) in [5, 5.41) is 0. The number of likely N-dealkylation sites (N-methyl/N-ethyl adjacent to an activating group) is 1. The lowest BCUT2D eigenvalue weighted by atomic mass is 9.72. The first-order chi connectivity index (χ1) is 12.1. The number of fused-ring (bicyclic) bond motifs is 1. The third-order valence-corrected chi connectivity index (χ3v) is 5.91. The molecule has 0 bridgehead atoms. The van der Waals surface area contributed by atoms with Crippen molar-refractivity contribution in [1.29, 1.82) is 0 Å². The summed E-state index contributed by atoms with van der Waals surface area (Å²) in [5.41, 5.74) is 1.01. The van der Waals surface area contributed by atoms with Gasteiger partial charge < -0.3 is 19.3 Å². The van der Waals surface area contributed by atoms with Gasteiger partial charge in [0.2, 0.25) is 5.91 Å². The van der Waals surface area contributed by atoms with Crippen molar-refractivity contribution < 1.29 is 14.3 Å². The van der Waals surface area contributed by atoms with Crippen LogP contribution in [0.3, 0.4) is 0 Å². The number of nitrogens with zero attached hydrogens (tertiary/aromatic N) is 2. The molecule has 0 aromatic carbocycles. The summed E-state index contributed by atoms with van der Waals surface area (Å²) in [6.45, 7) is 4.82. The molecule has 0 aromatic rings. The lowest BCUT2D eigenvalue weighted by Crippen LogP contribution is -2.58. The molecule has 0 N–H and O–H groups in total. The number of ether oxygens (including phenoxy) is 2. The van der Waals surface area contributed by atoms with Gasteiger partial charge in [0.15, 0.2) is 0 Å². The predicted molar refractivity (Wildman–Crippen MR) is 98.5 cm³/mol. The van der Waals surface area contributed by atoms with E-state index < -0.39 is 0 Å². The third kappa shape index (κ3) is 4.63. The Morgan fingerprint density at radius 1 is 1.40 bits per heavy atom. The van der Waals surface area contributed by atoms with Crippen LogP contribution in [0.2, 0.25) is 0 Å². The minimum Gasteiger partial charge on any atom is -0.379 e. The van der Waals surface area contributed by atoms with Gasteiger partial charge in [0.1, 0.15) is 0 Å². The Balaban J connectivity index is 1.64. The van der Waals surface area contributed by atoms with Crippen molar-refractivity contribution in [3.8, 4) is 0 Å². The van der Waals surface area contributed by atoms with Crippen LogP contribution >= 0.6 is 0 Å². The van der Waals surface area contributed by atoms with E-state index in [-0.39, 0.29) is 17.4 Å². The van der Waals surface area contributed by atoms with Gasteiger partial charge in [-0.05, 0) is 59.0 Å². The maximum atomic E-state index is 13.0. The Morgan fingerprint density at radius 2 is 2.28 bits per heavy atom. The standard InChI is InChI=1S/C20H34N2O3/c1-21(2)12-14-24-16-20-10-6-13-25-18(20)9-11-22(15-20)19(23)17-7-4-3-5-8-17/h7,18H,3-6,8-16H2,1-2H3/t18-,20+/m0/s1. The van der Waals surface area contributed by atoms with Crippen molar-refractivity contribution in [2.45, 2.75) is 51.0 Å². The van der Waals surface area contributed by atoms with Crippen LogP contribution in [0.25, 0.3) is 0 Å². The fourth-order valence-corrected chi connectivity index (χ4v) is 4.43. The molecule has 2 fully saturated rings. The van der Waals surface area contributed by atoms with Gasteiger partial charge in [-0.25, -0.2) is 0 Å². The number of carbonyl (C=O) groups is 1. The Labute approximate surface area is 152 Å². The lowest BCUT2D eigenvalue weighted by Gasteiger charge is -2.50. The molecule has 2 heterocycles. The molecule has 0 aromatic heterocycles. The zero-order chi connectivity index (χ0) is 17.7. The quantitative estimate of drug-likeness (QED) is 0.690. The number of carbonyl (C=O) groups excluding carboxylic acids is 1. The van der Waals surface area contributed by atoms with Crippen LogP contribution in [0.15, 0.2) is 11.6 Å². The highest BCUT2D eigenvalue weighted by molar-refractivity contribution is 5.93. The molecule has 5 nitrogen and oxygen atoms in total. The van der Waals surface area contributed by atoms with Gasteiger partial charge in [-0.3, -0.25) is 4.79 Å². The number of rotatable bonds is 6. The first-order valence-electron chi connectivity index (χ1n) is 9.93. The van der Waals surface area contributed by atoms with E-state index in [1.54, 1.807) is 0 Å². The smallest absolute Gasteiger partial charge is 0.249 e. The van der Waals surface area contributed by atoms with E-state index in [1.165, 1.54) is 6.42 Å². The lowest BCUT2D eigenvalue weighted by molar-refractivity contribution is -0.162. The molecular formula is C20H34N2O3. The maximum absolute atomic E-state index is 13.0. The first-order valence-corrected chi connectivity index (χ1v) is 9.93. The van der Waals surface area contributed by atoms with Crippen molar-refractivity contribution in [2.75, 3.05) is 53.6 Å². The molecule has 2 saturated heterocycles. The zero-order valence-electron chi connectivity index (χ0n) is 16.0. The second-order valence-corrected chi connectivity index (χ2v) is 8.17. The Morgan fingerprint density at radius 3 is 3.04 bits per heavy atom.